The van der Waals surface area contributed by atoms with Gasteiger partial charge in [0.2, 0.25) is 0 Å². The maximum absolute atomic E-state index is 5.36. The first-order valence-corrected chi connectivity index (χ1v) is 5.59. The Morgan fingerprint density at radius 2 is 2.08 bits per heavy atom. The SMILES string of the molecule is CCC(CNC)CC1CCOCC1. The topological polar surface area (TPSA) is 21.3 Å². The molecule has 0 radical (unpaired) electrons. The summed E-state index contributed by atoms with van der Waals surface area (Å²) in [5.74, 6) is 1.79. The summed E-state index contributed by atoms with van der Waals surface area (Å²) in [5, 5.41) is 3.28. The van der Waals surface area contributed by atoms with Crippen molar-refractivity contribution in [2.75, 3.05) is 26.8 Å². The predicted molar refractivity (Wildman–Crippen MR) is 55.9 cm³/mol. The number of ether oxygens (including phenoxy) is 1. The van der Waals surface area contributed by atoms with E-state index in [-0.39, 0.29) is 0 Å². The molecule has 1 fully saturated rings. The number of hydrogen-bond acceptors (Lipinski definition) is 2. The Labute approximate surface area is 82.0 Å². The molecule has 0 amide bonds. The van der Waals surface area contributed by atoms with Crippen molar-refractivity contribution in [1.29, 1.82) is 0 Å². The average Bonchev–Trinajstić information content (AvgIpc) is 2.19. The molecule has 1 atom stereocenters. The molecule has 1 saturated heterocycles. The Hall–Kier alpha value is -0.0800. The highest BCUT2D eigenvalue weighted by molar-refractivity contribution is 4.69. The summed E-state index contributed by atoms with van der Waals surface area (Å²) in [6.45, 7) is 5.44. The fourth-order valence-electron chi connectivity index (χ4n) is 2.14. The van der Waals surface area contributed by atoms with Crippen molar-refractivity contribution in [2.45, 2.75) is 32.6 Å². The van der Waals surface area contributed by atoms with E-state index in [1.807, 2.05) is 7.05 Å². The largest absolute Gasteiger partial charge is 0.381 e. The molecule has 1 rings (SSSR count). The molecule has 1 aliphatic heterocycles. The number of rotatable bonds is 5. The highest BCUT2D eigenvalue weighted by Crippen LogP contribution is 2.24. The molecule has 1 heterocycles. The summed E-state index contributed by atoms with van der Waals surface area (Å²) >= 11 is 0. The van der Waals surface area contributed by atoms with Crippen LogP contribution in [0.2, 0.25) is 0 Å². The Kier molecular flexibility index (Phi) is 5.40. The zero-order valence-corrected chi connectivity index (χ0v) is 9.01. The highest BCUT2D eigenvalue weighted by Gasteiger charge is 2.17. The summed E-state index contributed by atoms with van der Waals surface area (Å²) in [5.41, 5.74) is 0. The van der Waals surface area contributed by atoms with E-state index >= 15 is 0 Å². The van der Waals surface area contributed by atoms with Gasteiger partial charge in [-0.15, -0.1) is 0 Å². The molecule has 13 heavy (non-hydrogen) atoms. The predicted octanol–water partition coefficient (Wildman–Crippen LogP) is 2.05. The Morgan fingerprint density at radius 1 is 1.38 bits per heavy atom. The van der Waals surface area contributed by atoms with E-state index in [1.165, 1.54) is 32.2 Å². The third kappa shape index (κ3) is 4.10. The lowest BCUT2D eigenvalue weighted by molar-refractivity contribution is 0.0584. The van der Waals surface area contributed by atoms with Crippen LogP contribution in [0.5, 0.6) is 0 Å². The molecule has 0 aromatic heterocycles. The summed E-state index contributed by atoms with van der Waals surface area (Å²) in [4.78, 5) is 0. The first kappa shape index (κ1) is 11.0. The fraction of sp³-hybridized carbons (Fsp3) is 1.00. The van der Waals surface area contributed by atoms with Gasteiger partial charge in [0.25, 0.3) is 0 Å². The molecule has 1 aliphatic rings. The van der Waals surface area contributed by atoms with Gasteiger partial charge in [-0.1, -0.05) is 13.3 Å². The minimum Gasteiger partial charge on any atom is -0.381 e. The minimum absolute atomic E-state index is 0.869. The second-order valence-corrected chi connectivity index (χ2v) is 4.12. The molecular weight excluding hydrogens is 162 g/mol. The van der Waals surface area contributed by atoms with Crippen LogP contribution in [0.3, 0.4) is 0 Å². The van der Waals surface area contributed by atoms with Crippen LogP contribution in [-0.2, 0) is 4.74 Å². The zero-order chi connectivity index (χ0) is 9.52. The Bertz CT molecular complexity index is 119. The molecule has 78 valence electrons. The van der Waals surface area contributed by atoms with Crippen LogP contribution in [0, 0.1) is 11.8 Å². The van der Waals surface area contributed by atoms with E-state index in [4.69, 9.17) is 4.74 Å². The lowest BCUT2D eigenvalue weighted by Crippen LogP contribution is -2.24. The first-order chi connectivity index (χ1) is 6.36. The third-order valence-electron chi connectivity index (χ3n) is 3.08. The van der Waals surface area contributed by atoms with Crippen LogP contribution in [-0.4, -0.2) is 26.8 Å². The molecule has 0 spiro atoms. The maximum atomic E-state index is 5.36. The Morgan fingerprint density at radius 3 is 2.62 bits per heavy atom. The van der Waals surface area contributed by atoms with Gasteiger partial charge in [0.15, 0.2) is 0 Å². The summed E-state index contributed by atoms with van der Waals surface area (Å²) < 4.78 is 5.36. The number of nitrogens with one attached hydrogen (secondary N) is 1. The smallest absolute Gasteiger partial charge is 0.0468 e. The summed E-state index contributed by atoms with van der Waals surface area (Å²) in [6.07, 6.45) is 5.25. The van der Waals surface area contributed by atoms with Crippen molar-refractivity contribution in [1.82, 2.24) is 5.32 Å². The van der Waals surface area contributed by atoms with E-state index in [2.05, 4.69) is 12.2 Å². The molecule has 2 nitrogen and oxygen atoms in total. The Balaban J connectivity index is 2.18. The molecular formula is C11H23NO. The summed E-state index contributed by atoms with van der Waals surface area (Å²) in [6, 6.07) is 0. The zero-order valence-electron chi connectivity index (χ0n) is 9.01. The van der Waals surface area contributed by atoms with Crippen LogP contribution in [0.25, 0.3) is 0 Å². The quantitative estimate of drug-likeness (QED) is 0.708. The first-order valence-electron chi connectivity index (χ1n) is 5.59. The van der Waals surface area contributed by atoms with E-state index in [9.17, 15) is 0 Å². The molecule has 0 bridgehead atoms. The monoisotopic (exact) mass is 185 g/mol. The molecule has 0 aromatic rings. The van der Waals surface area contributed by atoms with Crippen LogP contribution in [0.1, 0.15) is 32.6 Å². The van der Waals surface area contributed by atoms with Crippen LogP contribution < -0.4 is 5.32 Å². The van der Waals surface area contributed by atoms with Crippen molar-refractivity contribution in [2.24, 2.45) is 11.8 Å². The standard InChI is InChI=1S/C11H23NO/c1-3-10(9-12-2)8-11-4-6-13-7-5-11/h10-12H,3-9H2,1-2H3. The molecule has 0 saturated carbocycles. The number of hydrogen-bond donors (Lipinski definition) is 1. The van der Waals surface area contributed by atoms with Gasteiger partial charge in [0.1, 0.15) is 0 Å². The molecule has 1 unspecified atom stereocenters. The summed E-state index contributed by atoms with van der Waals surface area (Å²) in [7, 11) is 2.05. The highest BCUT2D eigenvalue weighted by atomic mass is 16.5. The van der Waals surface area contributed by atoms with Gasteiger partial charge in [-0.25, -0.2) is 0 Å². The van der Waals surface area contributed by atoms with E-state index in [1.54, 1.807) is 0 Å². The molecule has 1 N–H and O–H groups in total. The molecule has 2 heteroatoms. The van der Waals surface area contributed by atoms with Crippen LogP contribution in [0.15, 0.2) is 0 Å². The van der Waals surface area contributed by atoms with Gasteiger partial charge in [0, 0.05) is 13.2 Å². The minimum atomic E-state index is 0.869. The van der Waals surface area contributed by atoms with Crippen molar-refractivity contribution in [3.63, 3.8) is 0 Å². The third-order valence-corrected chi connectivity index (χ3v) is 3.08. The van der Waals surface area contributed by atoms with Gasteiger partial charge in [-0.05, 0) is 44.7 Å². The maximum Gasteiger partial charge on any atom is 0.0468 e. The van der Waals surface area contributed by atoms with Gasteiger partial charge in [-0.2, -0.15) is 0 Å². The second kappa shape index (κ2) is 6.39. The second-order valence-electron chi connectivity index (χ2n) is 4.12. The van der Waals surface area contributed by atoms with Gasteiger partial charge < -0.3 is 10.1 Å². The lowest BCUT2D eigenvalue weighted by Gasteiger charge is -2.25. The normalized spacial score (nSPS) is 21.7. The average molecular weight is 185 g/mol. The van der Waals surface area contributed by atoms with Crippen molar-refractivity contribution in [3.05, 3.63) is 0 Å². The fourth-order valence-corrected chi connectivity index (χ4v) is 2.14. The van der Waals surface area contributed by atoms with E-state index in [0.29, 0.717) is 0 Å². The van der Waals surface area contributed by atoms with Gasteiger partial charge in [-0.3, -0.25) is 0 Å². The van der Waals surface area contributed by atoms with Crippen molar-refractivity contribution < 1.29 is 4.74 Å². The van der Waals surface area contributed by atoms with Crippen molar-refractivity contribution >= 4 is 0 Å². The van der Waals surface area contributed by atoms with Crippen LogP contribution in [0.4, 0.5) is 0 Å². The van der Waals surface area contributed by atoms with Crippen LogP contribution >= 0.6 is 0 Å². The van der Waals surface area contributed by atoms with Gasteiger partial charge >= 0.3 is 0 Å². The molecule has 0 aliphatic carbocycles. The van der Waals surface area contributed by atoms with E-state index in [0.717, 1.165) is 25.0 Å². The molecule has 0 aromatic carbocycles. The lowest BCUT2D eigenvalue weighted by atomic mass is 9.87. The van der Waals surface area contributed by atoms with Gasteiger partial charge in [0.05, 0.1) is 0 Å². The van der Waals surface area contributed by atoms with E-state index < -0.39 is 0 Å². The van der Waals surface area contributed by atoms with Crippen molar-refractivity contribution in [3.8, 4) is 0 Å².